The van der Waals surface area contributed by atoms with E-state index in [1.54, 1.807) is 96.1 Å². The van der Waals surface area contributed by atoms with Crippen molar-refractivity contribution in [1.82, 2.24) is 0 Å². The molecule has 0 nitrogen and oxygen atoms in total. The third kappa shape index (κ3) is 3.16. The van der Waals surface area contributed by atoms with Crippen LogP contribution in [0, 0.1) is 11.8 Å². The van der Waals surface area contributed by atoms with Crippen molar-refractivity contribution in [3.63, 3.8) is 0 Å². The molecule has 4 saturated carbocycles. The zero-order valence-corrected chi connectivity index (χ0v) is 16.5. The molecule has 0 aromatic rings. The van der Waals surface area contributed by atoms with E-state index in [-0.39, 0.29) is 7.92 Å². The third-order valence-corrected chi connectivity index (χ3v) is 12.5. The van der Waals surface area contributed by atoms with Crippen molar-refractivity contribution < 1.29 is 0 Å². The molecule has 4 aliphatic carbocycles. The molecule has 4 aliphatic rings. The first-order valence-corrected chi connectivity index (χ1v) is 12.6. The number of hydrogen-bond acceptors (Lipinski definition) is 0. The molecule has 0 atom stereocenters. The highest BCUT2D eigenvalue weighted by atomic mass is 31.1. The van der Waals surface area contributed by atoms with E-state index in [4.69, 9.17) is 0 Å². The Hall–Kier alpha value is 0.430. The van der Waals surface area contributed by atoms with Gasteiger partial charge in [-0.05, 0) is 73.3 Å². The summed E-state index contributed by atoms with van der Waals surface area (Å²) in [6.07, 6.45) is 27.1. The molecule has 0 N–H and O–H groups in total. The van der Waals surface area contributed by atoms with Crippen LogP contribution in [0.4, 0.5) is 0 Å². The summed E-state index contributed by atoms with van der Waals surface area (Å²) >= 11 is 0. The first kappa shape index (κ1) is 16.9. The molecule has 0 aliphatic heterocycles. The van der Waals surface area contributed by atoms with E-state index < -0.39 is 0 Å². The fourth-order valence-corrected chi connectivity index (χ4v) is 12.6. The molecule has 0 amide bonds. The van der Waals surface area contributed by atoms with E-state index in [0.717, 1.165) is 22.1 Å². The predicted molar refractivity (Wildman–Crippen MR) is 104 cm³/mol. The number of rotatable bonds is 5. The van der Waals surface area contributed by atoms with Gasteiger partial charge in [-0.3, -0.25) is 0 Å². The lowest BCUT2D eigenvalue weighted by molar-refractivity contribution is 0.186. The Morgan fingerprint density at radius 1 is 0.739 bits per heavy atom. The van der Waals surface area contributed by atoms with Gasteiger partial charge >= 0.3 is 0 Å². The second-order valence-corrected chi connectivity index (χ2v) is 12.9. The highest BCUT2D eigenvalue weighted by Gasteiger charge is 2.54. The Bertz CT molecular complexity index is 347. The van der Waals surface area contributed by atoms with Crippen LogP contribution in [0.2, 0.25) is 0 Å². The lowest BCUT2D eigenvalue weighted by atomic mass is 9.71. The quantitative estimate of drug-likeness (QED) is 0.457. The van der Waals surface area contributed by atoms with Gasteiger partial charge in [-0.25, -0.2) is 0 Å². The van der Waals surface area contributed by atoms with E-state index in [0.29, 0.717) is 0 Å². The summed E-state index contributed by atoms with van der Waals surface area (Å²) in [5.41, 5.74) is 0. The number of hydrogen-bond donors (Lipinski definition) is 0. The lowest BCUT2D eigenvalue weighted by Crippen LogP contribution is -2.47. The van der Waals surface area contributed by atoms with Crippen molar-refractivity contribution in [3.8, 4) is 0 Å². The minimum absolute atomic E-state index is 0.278. The smallest absolute Gasteiger partial charge is 0.00868 e. The fraction of sp³-hybridized carbons (Fsp3) is 1.00. The van der Waals surface area contributed by atoms with Crippen LogP contribution in [-0.2, 0) is 0 Å². The van der Waals surface area contributed by atoms with Crippen molar-refractivity contribution in [3.05, 3.63) is 0 Å². The maximum absolute atomic E-state index is 2.43. The van der Waals surface area contributed by atoms with Crippen LogP contribution < -0.4 is 0 Å². The van der Waals surface area contributed by atoms with Gasteiger partial charge in [-0.2, -0.15) is 0 Å². The zero-order valence-electron chi connectivity index (χ0n) is 15.6. The Kier molecular flexibility index (Phi) is 5.12. The Morgan fingerprint density at radius 3 is 1.57 bits per heavy atom. The topological polar surface area (TPSA) is 0 Å². The van der Waals surface area contributed by atoms with E-state index in [9.17, 15) is 0 Å². The van der Waals surface area contributed by atoms with Gasteiger partial charge in [0.2, 0.25) is 0 Å². The van der Waals surface area contributed by atoms with Gasteiger partial charge in [-0.15, -0.1) is 0 Å². The summed E-state index contributed by atoms with van der Waals surface area (Å²) in [5, 5.41) is 1.70. The van der Waals surface area contributed by atoms with Gasteiger partial charge in [-0.1, -0.05) is 72.6 Å². The van der Waals surface area contributed by atoms with Crippen LogP contribution in [0.3, 0.4) is 0 Å². The SMILES string of the molecule is CCCCP(C12CCCC(CCC1)C2)C12CCCC(CCC1)C2. The Morgan fingerprint density at radius 2 is 1.17 bits per heavy atom. The summed E-state index contributed by atoms with van der Waals surface area (Å²) in [6.45, 7) is 2.43. The van der Waals surface area contributed by atoms with Crippen molar-refractivity contribution in [1.29, 1.82) is 0 Å². The summed E-state index contributed by atoms with van der Waals surface area (Å²) in [7, 11) is 0.278. The molecule has 0 heterocycles. The van der Waals surface area contributed by atoms with Gasteiger partial charge in [0, 0.05) is 0 Å². The largest absolute Gasteiger partial charge is 0.0939 e. The van der Waals surface area contributed by atoms with Gasteiger partial charge in [0.05, 0.1) is 0 Å². The minimum Gasteiger partial charge on any atom is -0.0939 e. The van der Waals surface area contributed by atoms with Crippen molar-refractivity contribution in [2.45, 2.75) is 120 Å². The normalized spacial score (nSPS) is 44.7. The molecule has 4 rings (SSSR count). The number of unbranched alkanes of at least 4 members (excludes halogenated alkanes) is 1. The molecule has 0 radical (unpaired) electrons. The maximum atomic E-state index is 2.43. The van der Waals surface area contributed by atoms with E-state index >= 15 is 0 Å². The molecule has 0 unspecified atom stereocenters. The minimum atomic E-state index is 0.278. The Balaban J connectivity index is 1.63. The monoisotopic (exact) mass is 334 g/mol. The van der Waals surface area contributed by atoms with Crippen LogP contribution in [0.15, 0.2) is 0 Å². The van der Waals surface area contributed by atoms with E-state index in [2.05, 4.69) is 6.92 Å². The van der Waals surface area contributed by atoms with Gasteiger partial charge in [0.25, 0.3) is 0 Å². The first-order chi connectivity index (χ1) is 11.3. The highest BCUT2D eigenvalue weighted by Crippen LogP contribution is 2.74. The average molecular weight is 335 g/mol. The van der Waals surface area contributed by atoms with E-state index in [1.165, 1.54) is 12.8 Å². The maximum Gasteiger partial charge on any atom is -0.00868 e. The van der Waals surface area contributed by atoms with Gasteiger partial charge in [0.15, 0.2) is 0 Å². The molecular weight excluding hydrogens is 295 g/mol. The second kappa shape index (κ2) is 6.97. The molecule has 4 bridgehead atoms. The van der Waals surface area contributed by atoms with Crippen molar-refractivity contribution in [2.24, 2.45) is 11.8 Å². The zero-order chi connectivity index (χ0) is 15.8. The molecule has 0 saturated heterocycles. The molecule has 0 spiro atoms. The first-order valence-electron chi connectivity index (χ1n) is 11.0. The van der Waals surface area contributed by atoms with Crippen LogP contribution in [0.1, 0.15) is 110 Å². The molecule has 1 heteroatoms. The van der Waals surface area contributed by atoms with Crippen LogP contribution in [0.25, 0.3) is 0 Å². The third-order valence-electron chi connectivity index (χ3n) is 8.24. The average Bonchev–Trinajstić information content (AvgIpc) is 2.55. The summed E-state index contributed by atoms with van der Waals surface area (Å²) in [4.78, 5) is 0. The molecule has 4 fully saturated rings. The molecular formula is C22H39P. The standard InChI is InChI=1S/C22H39P/c1-2-3-16-23(21-12-4-8-19(17-21)9-5-13-21)22-14-6-10-20(18-22)11-7-15-22/h19-20H,2-18H2,1H3. The summed E-state index contributed by atoms with van der Waals surface area (Å²) in [5.74, 6) is 2.26. The fourth-order valence-electron chi connectivity index (χ4n) is 7.36. The van der Waals surface area contributed by atoms with Gasteiger partial charge < -0.3 is 0 Å². The lowest BCUT2D eigenvalue weighted by Gasteiger charge is -2.60. The summed E-state index contributed by atoms with van der Waals surface area (Å²) < 4.78 is 0. The van der Waals surface area contributed by atoms with Crippen molar-refractivity contribution >= 4 is 7.92 Å². The van der Waals surface area contributed by atoms with Crippen LogP contribution in [0.5, 0.6) is 0 Å². The molecule has 23 heavy (non-hydrogen) atoms. The summed E-state index contributed by atoms with van der Waals surface area (Å²) in [6, 6.07) is 0. The molecule has 132 valence electrons. The van der Waals surface area contributed by atoms with Crippen LogP contribution in [-0.4, -0.2) is 16.5 Å². The predicted octanol–water partition coefficient (Wildman–Crippen LogP) is 7.49. The number of fused-ring (bicyclic) bond motifs is 4. The van der Waals surface area contributed by atoms with E-state index in [1.807, 2.05) is 0 Å². The van der Waals surface area contributed by atoms with Crippen LogP contribution >= 0.6 is 7.92 Å². The Labute approximate surface area is 146 Å². The van der Waals surface area contributed by atoms with Crippen molar-refractivity contribution in [2.75, 3.05) is 6.16 Å². The molecule has 0 aromatic carbocycles. The second-order valence-electron chi connectivity index (χ2n) is 9.66. The molecule has 0 aromatic heterocycles. The highest BCUT2D eigenvalue weighted by molar-refractivity contribution is 7.61. The van der Waals surface area contributed by atoms with Gasteiger partial charge in [0.1, 0.15) is 0 Å².